The van der Waals surface area contributed by atoms with Gasteiger partial charge in [0.05, 0.1) is 18.4 Å². The highest BCUT2D eigenvalue weighted by molar-refractivity contribution is 5.95. The van der Waals surface area contributed by atoms with Crippen molar-refractivity contribution in [2.24, 2.45) is 10.7 Å². The SMILES string of the molecule is C=NCCC[C@H](NC(=O)CC[C@@H](C)NC(=O)c1ccc(NCc2cnc3nc(N)[nH]c(=O)c3n2)cc1)C(=O)N[C@H](CCCCN)C(=O)O. The van der Waals surface area contributed by atoms with Gasteiger partial charge in [0.25, 0.3) is 11.5 Å². The summed E-state index contributed by atoms with van der Waals surface area (Å²) in [6, 6.07) is 4.32. The van der Waals surface area contributed by atoms with Gasteiger partial charge in [-0.05, 0) is 83.0 Å². The summed E-state index contributed by atoms with van der Waals surface area (Å²) in [6.45, 7) is 6.25. The Hall–Kier alpha value is -5.45. The number of aliphatic imine (C=N–C) groups is 1. The van der Waals surface area contributed by atoms with E-state index in [1.165, 1.54) is 6.20 Å². The van der Waals surface area contributed by atoms with E-state index in [1.54, 1.807) is 31.2 Å². The quantitative estimate of drug-likeness (QED) is 0.0604. The molecule has 0 aliphatic rings. The number of nitrogens with two attached hydrogens (primary N) is 2. The highest BCUT2D eigenvalue weighted by Crippen LogP contribution is 2.13. The number of nitrogens with one attached hydrogen (secondary N) is 5. The van der Waals surface area contributed by atoms with Crippen LogP contribution in [0.1, 0.15) is 67.9 Å². The fraction of sp³-hybridized carbons (Fsp3) is 0.452. The van der Waals surface area contributed by atoms with Crippen molar-refractivity contribution in [3.8, 4) is 0 Å². The van der Waals surface area contributed by atoms with Gasteiger partial charge in [-0.25, -0.2) is 14.8 Å². The second-order valence-corrected chi connectivity index (χ2v) is 11.2. The summed E-state index contributed by atoms with van der Waals surface area (Å²) in [6.07, 6.45) is 3.93. The highest BCUT2D eigenvalue weighted by atomic mass is 16.4. The highest BCUT2D eigenvalue weighted by Gasteiger charge is 2.26. The standard InChI is InChI=1S/C31H43N11O6/c1-18(8-13-24(43)39-22(7-5-15-34-2)28(45)40-23(30(47)48)6-3-4-14-32)37-27(44)19-9-11-20(12-10-19)35-16-21-17-36-26-25(38-21)29(46)42-31(33)41-26/h9-12,17-18,22-23,35H,2-8,13-16,32H2,1H3,(H,37,44)(H,39,43)(H,40,45)(H,47,48)(H3,33,36,41,42,46)/t18-,22+,23-/m1/s1. The maximum absolute atomic E-state index is 12.9. The Morgan fingerprint density at radius 2 is 1.73 bits per heavy atom. The third-order valence-corrected chi connectivity index (χ3v) is 7.31. The van der Waals surface area contributed by atoms with Crippen LogP contribution < -0.4 is 38.3 Å². The van der Waals surface area contributed by atoms with Crippen molar-refractivity contribution in [1.82, 2.24) is 35.9 Å². The molecule has 17 nitrogen and oxygen atoms in total. The van der Waals surface area contributed by atoms with E-state index >= 15 is 0 Å². The summed E-state index contributed by atoms with van der Waals surface area (Å²) in [7, 11) is 0. The van der Waals surface area contributed by atoms with Crippen molar-refractivity contribution in [2.75, 3.05) is 24.1 Å². The Kier molecular flexibility index (Phi) is 14.4. The number of rotatable bonds is 20. The molecule has 0 spiro atoms. The molecule has 2 aromatic heterocycles. The molecule has 0 aliphatic heterocycles. The maximum Gasteiger partial charge on any atom is 0.326 e. The van der Waals surface area contributed by atoms with Gasteiger partial charge in [0, 0.05) is 30.3 Å². The number of anilines is 2. The molecule has 3 aromatic rings. The maximum atomic E-state index is 12.9. The molecule has 48 heavy (non-hydrogen) atoms. The minimum Gasteiger partial charge on any atom is -0.480 e. The van der Waals surface area contributed by atoms with Gasteiger partial charge in [-0.2, -0.15) is 4.98 Å². The smallest absolute Gasteiger partial charge is 0.326 e. The van der Waals surface area contributed by atoms with E-state index in [0.717, 1.165) is 0 Å². The molecule has 3 amide bonds. The molecule has 17 heteroatoms. The third-order valence-electron chi connectivity index (χ3n) is 7.31. The molecule has 10 N–H and O–H groups in total. The first-order valence-electron chi connectivity index (χ1n) is 15.6. The lowest BCUT2D eigenvalue weighted by molar-refractivity contribution is -0.142. The Morgan fingerprint density at radius 1 is 1.00 bits per heavy atom. The van der Waals surface area contributed by atoms with E-state index < -0.39 is 35.4 Å². The van der Waals surface area contributed by atoms with E-state index in [0.29, 0.717) is 55.7 Å². The van der Waals surface area contributed by atoms with Crippen LogP contribution in [0, 0.1) is 0 Å². The molecule has 0 unspecified atom stereocenters. The number of benzene rings is 1. The van der Waals surface area contributed by atoms with E-state index in [4.69, 9.17) is 11.5 Å². The van der Waals surface area contributed by atoms with Crippen molar-refractivity contribution in [3.63, 3.8) is 0 Å². The summed E-state index contributed by atoms with van der Waals surface area (Å²) in [5.74, 6) is -2.53. The molecule has 0 saturated carbocycles. The van der Waals surface area contributed by atoms with Crippen LogP contribution in [0.2, 0.25) is 0 Å². The predicted molar refractivity (Wildman–Crippen MR) is 180 cm³/mol. The number of amides is 3. The van der Waals surface area contributed by atoms with Crippen LogP contribution >= 0.6 is 0 Å². The number of nitrogen functional groups attached to an aromatic ring is 1. The summed E-state index contributed by atoms with van der Waals surface area (Å²) in [5.41, 5.74) is 12.4. The van der Waals surface area contributed by atoms with Crippen LogP contribution in [0.15, 0.2) is 40.2 Å². The molecule has 0 aliphatic carbocycles. The molecule has 1 aromatic carbocycles. The zero-order valence-electron chi connectivity index (χ0n) is 26.8. The number of carbonyl (C=O) groups is 4. The van der Waals surface area contributed by atoms with Crippen molar-refractivity contribution >= 4 is 53.2 Å². The number of aromatic amines is 1. The lowest BCUT2D eigenvalue weighted by Crippen LogP contribution is -2.51. The number of hydrogen-bond donors (Lipinski definition) is 8. The largest absolute Gasteiger partial charge is 0.480 e. The van der Waals surface area contributed by atoms with Crippen molar-refractivity contribution in [1.29, 1.82) is 0 Å². The minimum atomic E-state index is -1.16. The Balaban J connectivity index is 1.48. The van der Waals surface area contributed by atoms with Gasteiger partial charge in [-0.3, -0.25) is 24.2 Å². The molecule has 258 valence electrons. The number of carbonyl (C=O) groups excluding carboxylic acids is 3. The number of hydrogen-bond acceptors (Lipinski definition) is 12. The van der Waals surface area contributed by atoms with Crippen molar-refractivity contribution < 1.29 is 24.3 Å². The number of carboxylic acid groups (broad SMARTS) is 1. The monoisotopic (exact) mass is 665 g/mol. The molecule has 0 saturated heterocycles. The number of carboxylic acids is 1. The first-order chi connectivity index (χ1) is 23.0. The summed E-state index contributed by atoms with van der Waals surface area (Å²) in [4.78, 5) is 80.7. The number of aliphatic carboxylic acids is 1. The van der Waals surface area contributed by atoms with E-state index in [9.17, 15) is 29.1 Å². The predicted octanol–water partition coefficient (Wildman–Crippen LogP) is 0.470. The Bertz CT molecular complexity index is 1630. The van der Waals surface area contributed by atoms with Gasteiger partial charge >= 0.3 is 5.97 Å². The molecule has 3 rings (SSSR count). The van der Waals surface area contributed by atoms with Crippen LogP contribution in [-0.2, 0) is 20.9 Å². The lowest BCUT2D eigenvalue weighted by atomic mass is 10.1. The second-order valence-electron chi connectivity index (χ2n) is 11.2. The van der Waals surface area contributed by atoms with Gasteiger partial charge in [0.1, 0.15) is 12.1 Å². The second kappa shape index (κ2) is 18.6. The Labute approximate surface area is 276 Å². The van der Waals surface area contributed by atoms with E-state index in [-0.39, 0.29) is 54.9 Å². The fourth-order valence-corrected chi connectivity index (χ4v) is 4.68. The molecule has 0 fully saturated rings. The minimum absolute atomic E-state index is 0.0274. The van der Waals surface area contributed by atoms with Crippen LogP contribution in [0.4, 0.5) is 11.6 Å². The summed E-state index contributed by atoms with van der Waals surface area (Å²) < 4.78 is 0. The molecule has 3 atom stereocenters. The first kappa shape index (κ1) is 37.0. The van der Waals surface area contributed by atoms with Gasteiger partial charge in [-0.15, -0.1) is 0 Å². The molecule has 2 heterocycles. The van der Waals surface area contributed by atoms with E-state index in [1.807, 2.05) is 0 Å². The van der Waals surface area contributed by atoms with Crippen LogP contribution in [-0.4, -0.2) is 86.7 Å². The Morgan fingerprint density at radius 3 is 2.42 bits per heavy atom. The first-order valence-corrected chi connectivity index (χ1v) is 15.6. The average Bonchev–Trinajstić information content (AvgIpc) is 3.05. The van der Waals surface area contributed by atoms with Gasteiger partial charge < -0.3 is 42.8 Å². The van der Waals surface area contributed by atoms with E-state index in [2.05, 4.69) is 52.9 Å². The number of aromatic nitrogens is 4. The topological polar surface area (TPSA) is 273 Å². The molecular formula is C31H43N11O6. The third kappa shape index (κ3) is 11.7. The van der Waals surface area contributed by atoms with Crippen LogP contribution in [0.25, 0.3) is 11.2 Å². The average molecular weight is 666 g/mol. The lowest BCUT2D eigenvalue weighted by Gasteiger charge is -2.22. The molecule has 0 radical (unpaired) electrons. The van der Waals surface area contributed by atoms with Gasteiger partial charge in [-0.1, -0.05) is 0 Å². The number of unbranched alkanes of at least 4 members (excludes halogenated alkanes) is 1. The van der Waals surface area contributed by atoms with Crippen LogP contribution in [0.5, 0.6) is 0 Å². The van der Waals surface area contributed by atoms with Gasteiger partial charge in [0.2, 0.25) is 17.8 Å². The zero-order valence-corrected chi connectivity index (χ0v) is 26.8. The van der Waals surface area contributed by atoms with Crippen molar-refractivity contribution in [2.45, 2.75) is 76.5 Å². The normalized spacial score (nSPS) is 12.8. The number of fused-ring (bicyclic) bond motifs is 1. The molecule has 0 bridgehead atoms. The zero-order chi connectivity index (χ0) is 35.1. The summed E-state index contributed by atoms with van der Waals surface area (Å²) >= 11 is 0. The number of H-pyrrole nitrogens is 1. The fourth-order valence-electron chi connectivity index (χ4n) is 4.68. The van der Waals surface area contributed by atoms with Crippen molar-refractivity contribution in [3.05, 3.63) is 52.1 Å². The summed E-state index contributed by atoms with van der Waals surface area (Å²) in [5, 5.41) is 20.7. The van der Waals surface area contributed by atoms with Gasteiger partial charge in [0.15, 0.2) is 11.2 Å². The number of nitrogens with zero attached hydrogens (tertiary/aromatic N) is 4. The van der Waals surface area contributed by atoms with Crippen LogP contribution in [0.3, 0.4) is 0 Å². The molecular weight excluding hydrogens is 622 g/mol.